The van der Waals surface area contributed by atoms with E-state index in [-0.39, 0.29) is 0 Å². The number of nitrogens with zero attached hydrogens (tertiary/aromatic N) is 2. The molecule has 1 atom stereocenters. The Labute approximate surface area is 60.3 Å². The first-order valence-electron chi connectivity index (χ1n) is 3.45. The van der Waals surface area contributed by atoms with Gasteiger partial charge in [-0.2, -0.15) is 5.10 Å². The fourth-order valence-corrected chi connectivity index (χ4v) is 0.962. The van der Waals surface area contributed by atoms with Gasteiger partial charge >= 0.3 is 0 Å². The van der Waals surface area contributed by atoms with Gasteiger partial charge in [0.15, 0.2) is 0 Å². The third-order valence-corrected chi connectivity index (χ3v) is 1.48. The van der Waals surface area contributed by atoms with Crippen LogP contribution in [0.15, 0.2) is 12.3 Å². The maximum Gasteiger partial charge on any atom is 0.0928 e. The molecular formula is C7H12N2O. The maximum atomic E-state index is 9.16. The van der Waals surface area contributed by atoms with Gasteiger partial charge in [-0.3, -0.25) is 4.68 Å². The smallest absolute Gasteiger partial charge is 0.0928 e. The largest absolute Gasteiger partial charge is 0.387 e. The van der Waals surface area contributed by atoms with Crippen LogP contribution in [0, 0.1) is 0 Å². The van der Waals surface area contributed by atoms with Gasteiger partial charge in [-0.1, -0.05) is 0 Å². The van der Waals surface area contributed by atoms with E-state index in [0.717, 1.165) is 12.2 Å². The van der Waals surface area contributed by atoms with Crippen LogP contribution < -0.4 is 0 Å². The van der Waals surface area contributed by atoms with Crippen LogP contribution >= 0.6 is 0 Å². The molecule has 3 nitrogen and oxygen atoms in total. The molecule has 1 heterocycles. The number of aliphatic hydroxyl groups is 1. The lowest BCUT2D eigenvalue weighted by atomic mass is 10.3. The zero-order valence-electron chi connectivity index (χ0n) is 6.28. The summed E-state index contributed by atoms with van der Waals surface area (Å²) in [6.45, 7) is 4.55. The Morgan fingerprint density at radius 1 is 1.80 bits per heavy atom. The number of aliphatic hydroxyl groups excluding tert-OH is 1. The first-order valence-corrected chi connectivity index (χ1v) is 3.45. The van der Waals surface area contributed by atoms with Crippen LogP contribution in [-0.2, 0) is 6.54 Å². The zero-order valence-corrected chi connectivity index (χ0v) is 6.28. The van der Waals surface area contributed by atoms with Crippen molar-refractivity contribution in [3.63, 3.8) is 0 Å². The molecule has 0 saturated carbocycles. The number of hydrogen-bond acceptors (Lipinski definition) is 2. The molecule has 0 amide bonds. The molecule has 0 aromatic carbocycles. The van der Waals surface area contributed by atoms with Crippen LogP contribution in [0.4, 0.5) is 0 Å². The van der Waals surface area contributed by atoms with Crippen LogP contribution in [0.25, 0.3) is 0 Å². The molecule has 0 bridgehead atoms. The van der Waals surface area contributed by atoms with Crippen molar-refractivity contribution < 1.29 is 5.11 Å². The van der Waals surface area contributed by atoms with E-state index in [0.29, 0.717) is 0 Å². The van der Waals surface area contributed by atoms with E-state index in [1.807, 2.05) is 13.0 Å². The molecule has 10 heavy (non-hydrogen) atoms. The minimum Gasteiger partial charge on any atom is -0.387 e. The van der Waals surface area contributed by atoms with Gasteiger partial charge in [-0.25, -0.2) is 0 Å². The van der Waals surface area contributed by atoms with Crippen LogP contribution in [-0.4, -0.2) is 14.9 Å². The lowest BCUT2D eigenvalue weighted by Crippen LogP contribution is -2.04. The molecule has 3 heteroatoms. The molecule has 0 saturated heterocycles. The standard InChI is InChI=1S/C7H12N2O/c1-3-9-7(6(2)10)4-5-8-9/h4-6,10H,3H2,1-2H3/t6-/m0/s1. The third kappa shape index (κ3) is 1.19. The highest BCUT2D eigenvalue weighted by Gasteiger charge is 2.04. The Morgan fingerprint density at radius 2 is 2.50 bits per heavy atom. The van der Waals surface area contributed by atoms with Crippen LogP contribution in [0.1, 0.15) is 25.6 Å². The van der Waals surface area contributed by atoms with E-state index < -0.39 is 6.10 Å². The molecule has 1 rings (SSSR count). The fraction of sp³-hybridized carbons (Fsp3) is 0.571. The highest BCUT2D eigenvalue weighted by Crippen LogP contribution is 2.09. The van der Waals surface area contributed by atoms with Gasteiger partial charge in [-0.05, 0) is 19.9 Å². The molecule has 1 N–H and O–H groups in total. The summed E-state index contributed by atoms with van der Waals surface area (Å²) < 4.78 is 1.78. The predicted octanol–water partition coefficient (Wildman–Crippen LogP) is 0.956. The first kappa shape index (κ1) is 7.28. The van der Waals surface area contributed by atoms with Crippen molar-refractivity contribution >= 4 is 0 Å². The Morgan fingerprint density at radius 3 is 2.90 bits per heavy atom. The number of rotatable bonds is 2. The third-order valence-electron chi connectivity index (χ3n) is 1.48. The Bertz CT molecular complexity index is 205. The second-order valence-electron chi connectivity index (χ2n) is 2.25. The van der Waals surface area contributed by atoms with Crippen LogP contribution in [0.2, 0.25) is 0 Å². The molecule has 1 aromatic heterocycles. The average molecular weight is 140 g/mol. The molecule has 0 spiro atoms. The summed E-state index contributed by atoms with van der Waals surface area (Å²) in [4.78, 5) is 0. The van der Waals surface area contributed by atoms with Gasteiger partial charge < -0.3 is 5.11 Å². The SMILES string of the molecule is CCn1nccc1[C@H](C)O. The predicted molar refractivity (Wildman–Crippen MR) is 38.5 cm³/mol. The summed E-state index contributed by atoms with van der Waals surface area (Å²) in [6.07, 6.45) is 1.29. The summed E-state index contributed by atoms with van der Waals surface area (Å²) in [5, 5.41) is 13.2. The number of hydrogen-bond donors (Lipinski definition) is 1. The quantitative estimate of drug-likeness (QED) is 0.664. The Kier molecular flexibility index (Phi) is 2.06. The van der Waals surface area contributed by atoms with Crippen LogP contribution in [0.5, 0.6) is 0 Å². The molecular weight excluding hydrogens is 128 g/mol. The normalized spacial score (nSPS) is 13.5. The summed E-state index contributed by atoms with van der Waals surface area (Å²) in [5.74, 6) is 0. The van der Waals surface area contributed by atoms with Gasteiger partial charge in [0.1, 0.15) is 0 Å². The van der Waals surface area contributed by atoms with Crippen molar-refractivity contribution in [3.05, 3.63) is 18.0 Å². The van der Waals surface area contributed by atoms with Gasteiger partial charge in [0, 0.05) is 12.7 Å². The van der Waals surface area contributed by atoms with Crippen molar-refractivity contribution in [2.24, 2.45) is 0 Å². The molecule has 0 unspecified atom stereocenters. The van der Waals surface area contributed by atoms with Crippen molar-refractivity contribution in [2.45, 2.75) is 26.5 Å². The number of aryl methyl sites for hydroxylation is 1. The second-order valence-corrected chi connectivity index (χ2v) is 2.25. The molecule has 1 aromatic rings. The first-order chi connectivity index (χ1) is 4.75. The van der Waals surface area contributed by atoms with Crippen molar-refractivity contribution in [1.82, 2.24) is 9.78 Å². The van der Waals surface area contributed by atoms with E-state index in [9.17, 15) is 0 Å². The van der Waals surface area contributed by atoms with E-state index in [1.165, 1.54) is 0 Å². The lowest BCUT2D eigenvalue weighted by Gasteiger charge is -2.05. The van der Waals surface area contributed by atoms with Gasteiger partial charge in [0.05, 0.1) is 11.8 Å². The summed E-state index contributed by atoms with van der Waals surface area (Å²) in [6, 6.07) is 1.83. The maximum absolute atomic E-state index is 9.16. The van der Waals surface area contributed by atoms with E-state index in [1.54, 1.807) is 17.8 Å². The number of aromatic nitrogens is 2. The van der Waals surface area contributed by atoms with Crippen molar-refractivity contribution in [1.29, 1.82) is 0 Å². The topological polar surface area (TPSA) is 38.0 Å². The minimum atomic E-state index is -0.414. The molecule has 0 aliphatic heterocycles. The lowest BCUT2D eigenvalue weighted by molar-refractivity contribution is 0.187. The molecule has 0 aliphatic carbocycles. The summed E-state index contributed by atoms with van der Waals surface area (Å²) >= 11 is 0. The highest BCUT2D eigenvalue weighted by atomic mass is 16.3. The minimum absolute atomic E-state index is 0.414. The van der Waals surface area contributed by atoms with E-state index >= 15 is 0 Å². The summed E-state index contributed by atoms with van der Waals surface area (Å²) in [5.41, 5.74) is 0.877. The molecule has 0 aliphatic rings. The summed E-state index contributed by atoms with van der Waals surface area (Å²) in [7, 11) is 0. The Hall–Kier alpha value is -0.830. The van der Waals surface area contributed by atoms with Gasteiger partial charge in [0.2, 0.25) is 0 Å². The average Bonchev–Trinajstić information content (AvgIpc) is 2.33. The van der Waals surface area contributed by atoms with Crippen molar-refractivity contribution in [2.75, 3.05) is 0 Å². The molecule has 0 radical (unpaired) electrons. The van der Waals surface area contributed by atoms with Crippen LogP contribution in [0.3, 0.4) is 0 Å². The highest BCUT2D eigenvalue weighted by molar-refractivity contribution is 5.02. The monoisotopic (exact) mass is 140 g/mol. The van der Waals surface area contributed by atoms with Crippen molar-refractivity contribution in [3.8, 4) is 0 Å². The second kappa shape index (κ2) is 2.84. The molecule has 0 fully saturated rings. The Balaban J connectivity index is 2.90. The fourth-order valence-electron chi connectivity index (χ4n) is 0.962. The van der Waals surface area contributed by atoms with Gasteiger partial charge in [-0.15, -0.1) is 0 Å². The van der Waals surface area contributed by atoms with Gasteiger partial charge in [0.25, 0.3) is 0 Å². The van der Waals surface area contributed by atoms with E-state index in [2.05, 4.69) is 5.10 Å². The van der Waals surface area contributed by atoms with E-state index in [4.69, 9.17) is 5.11 Å². The zero-order chi connectivity index (χ0) is 7.56. The molecule has 56 valence electrons.